The summed E-state index contributed by atoms with van der Waals surface area (Å²) in [5.74, 6) is 3.73. The molecular formula is C21H26N4O2. The smallest absolute Gasteiger partial charge is 0.218 e. The van der Waals surface area contributed by atoms with Gasteiger partial charge in [0.05, 0.1) is 14.2 Å². The molecule has 142 valence electrons. The molecule has 0 spiro atoms. The SMILES string of the molecule is COc1cccc([C@H]2CN(c3cc(OC)ncn3)[C@@H]3C4CCN(CC4)[C@H]23)c1. The predicted molar refractivity (Wildman–Crippen MR) is 104 cm³/mol. The lowest BCUT2D eigenvalue weighted by Crippen LogP contribution is -2.60. The summed E-state index contributed by atoms with van der Waals surface area (Å²) in [6, 6.07) is 11.6. The second-order valence-corrected chi connectivity index (χ2v) is 7.81. The summed E-state index contributed by atoms with van der Waals surface area (Å²) < 4.78 is 10.8. The fourth-order valence-corrected chi connectivity index (χ4v) is 5.45. The van der Waals surface area contributed by atoms with Crippen molar-refractivity contribution in [3.8, 4) is 11.6 Å². The standard InChI is InChI=1S/C21H26N4O2/c1-26-16-5-3-4-15(10-16)17-12-25(18-11-19(27-2)23-13-22-18)20-14-6-8-24(9-7-14)21(17)20/h3-5,10-11,13-14,17,20-21H,6-9,12H2,1-2H3/t17-,20-,21-/m1/s1. The number of methoxy groups -OCH3 is 2. The Morgan fingerprint density at radius 2 is 1.85 bits per heavy atom. The van der Waals surface area contributed by atoms with Gasteiger partial charge in [-0.15, -0.1) is 0 Å². The van der Waals surface area contributed by atoms with Gasteiger partial charge in [0, 0.05) is 30.6 Å². The highest BCUT2D eigenvalue weighted by Crippen LogP contribution is 2.48. The molecule has 4 saturated heterocycles. The predicted octanol–water partition coefficient (Wildman–Crippen LogP) is 2.56. The molecule has 5 heterocycles. The van der Waals surface area contributed by atoms with Crippen LogP contribution in [0.1, 0.15) is 24.3 Å². The van der Waals surface area contributed by atoms with Crippen molar-refractivity contribution in [3.05, 3.63) is 42.2 Å². The van der Waals surface area contributed by atoms with Crippen LogP contribution < -0.4 is 14.4 Å². The van der Waals surface area contributed by atoms with Gasteiger partial charge in [0.2, 0.25) is 5.88 Å². The second-order valence-electron chi connectivity index (χ2n) is 7.81. The number of aromatic nitrogens is 2. The molecule has 6 heteroatoms. The molecule has 0 radical (unpaired) electrons. The van der Waals surface area contributed by atoms with E-state index >= 15 is 0 Å². The summed E-state index contributed by atoms with van der Waals surface area (Å²) in [6.07, 6.45) is 4.18. The Morgan fingerprint density at radius 3 is 2.63 bits per heavy atom. The number of anilines is 1. The Balaban J connectivity index is 1.55. The Labute approximate surface area is 160 Å². The van der Waals surface area contributed by atoms with Crippen LogP contribution in [0.2, 0.25) is 0 Å². The van der Waals surface area contributed by atoms with Gasteiger partial charge >= 0.3 is 0 Å². The van der Waals surface area contributed by atoms with Gasteiger partial charge in [0.1, 0.15) is 17.9 Å². The van der Waals surface area contributed by atoms with E-state index in [9.17, 15) is 0 Å². The first kappa shape index (κ1) is 16.8. The normalized spacial score (nSPS) is 31.6. The quantitative estimate of drug-likeness (QED) is 0.829. The summed E-state index contributed by atoms with van der Waals surface area (Å²) in [6.45, 7) is 3.40. The van der Waals surface area contributed by atoms with Gasteiger partial charge in [-0.25, -0.2) is 9.97 Å². The van der Waals surface area contributed by atoms with Crippen molar-refractivity contribution in [1.82, 2.24) is 14.9 Å². The van der Waals surface area contributed by atoms with Gasteiger partial charge in [-0.05, 0) is 49.5 Å². The minimum atomic E-state index is 0.453. The third-order valence-electron chi connectivity index (χ3n) is 6.65. The van der Waals surface area contributed by atoms with E-state index in [1.807, 2.05) is 12.1 Å². The monoisotopic (exact) mass is 366 g/mol. The van der Waals surface area contributed by atoms with Crippen LogP contribution in [0.4, 0.5) is 5.82 Å². The summed E-state index contributed by atoms with van der Waals surface area (Å²) in [5.41, 5.74) is 1.36. The molecule has 2 aromatic rings. The number of ether oxygens (including phenoxy) is 2. The number of hydrogen-bond acceptors (Lipinski definition) is 6. The van der Waals surface area contributed by atoms with E-state index in [1.54, 1.807) is 20.5 Å². The molecule has 0 amide bonds. The highest BCUT2D eigenvalue weighted by Gasteiger charge is 2.53. The summed E-state index contributed by atoms with van der Waals surface area (Å²) in [7, 11) is 3.40. The van der Waals surface area contributed by atoms with Crippen LogP contribution >= 0.6 is 0 Å². The third kappa shape index (κ3) is 2.74. The van der Waals surface area contributed by atoms with E-state index in [2.05, 4.69) is 38.0 Å². The van der Waals surface area contributed by atoms with E-state index in [0.717, 1.165) is 24.0 Å². The van der Waals surface area contributed by atoms with Crippen molar-refractivity contribution in [1.29, 1.82) is 0 Å². The lowest BCUT2D eigenvalue weighted by atomic mass is 9.75. The zero-order chi connectivity index (χ0) is 18.4. The van der Waals surface area contributed by atoms with Crippen molar-refractivity contribution >= 4 is 5.82 Å². The van der Waals surface area contributed by atoms with Crippen LogP contribution in [0, 0.1) is 5.92 Å². The second kappa shape index (κ2) is 6.68. The lowest BCUT2D eigenvalue weighted by Gasteiger charge is -2.51. The summed E-state index contributed by atoms with van der Waals surface area (Å²) in [4.78, 5) is 14.0. The molecule has 1 aromatic carbocycles. The molecule has 0 aliphatic carbocycles. The van der Waals surface area contributed by atoms with Gasteiger partial charge in [-0.1, -0.05) is 12.1 Å². The van der Waals surface area contributed by atoms with Gasteiger partial charge in [-0.2, -0.15) is 0 Å². The van der Waals surface area contributed by atoms with Crippen molar-refractivity contribution in [2.45, 2.75) is 30.8 Å². The molecular weight excluding hydrogens is 340 g/mol. The highest BCUT2D eigenvalue weighted by molar-refractivity contribution is 5.48. The van der Waals surface area contributed by atoms with Gasteiger partial charge in [-0.3, -0.25) is 4.90 Å². The zero-order valence-corrected chi connectivity index (χ0v) is 15.9. The fraction of sp³-hybridized carbons (Fsp3) is 0.524. The Kier molecular flexibility index (Phi) is 4.16. The molecule has 4 fully saturated rings. The molecule has 0 unspecified atom stereocenters. The Morgan fingerprint density at radius 1 is 1.00 bits per heavy atom. The number of rotatable bonds is 4. The van der Waals surface area contributed by atoms with E-state index in [-0.39, 0.29) is 0 Å². The van der Waals surface area contributed by atoms with Gasteiger partial charge < -0.3 is 14.4 Å². The van der Waals surface area contributed by atoms with Crippen LogP contribution in [0.25, 0.3) is 0 Å². The lowest BCUT2D eigenvalue weighted by molar-refractivity contribution is 0.0354. The minimum Gasteiger partial charge on any atom is -0.497 e. The minimum absolute atomic E-state index is 0.453. The van der Waals surface area contributed by atoms with Crippen LogP contribution in [-0.4, -0.2) is 60.8 Å². The van der Waals surface area contributed by atoms with E-state index in [0.29, 0.717) is 23.9 Å². The largest absolute Gasteiger partial charge is 0.497 e. The molecule has 1 aromatic heterocycles. The van der Waals surface area contributed by atoms with Gasteiger partial charge in [0.15, 0.2) is 0 Å². The maximum atomic E-state index is 5.49. The third-order valence-corrected chi connectivity index (χ3v) is 6.65. The Bertz CT molecular complexity index is 754. The molecule has 27 heavy (non-hydrogen) atoms. The molecule has 0 saturated carbocycles. The van der Waals surface area contributed by atoms with Crippen molar-refractivity contribution in [2.75, 3.05) is 38.8 Å². The molecule has 3 atom stereocenters. The van der Waals surface area contributed by atoms with Gasteiger partial charge in [0.25, 0.3) is 0 Å². The maximum Gasteiger partial charge on any atom is 0.218 e. The number of hydrogen-bond donors (Lipinski definition) is 0. The maximum absolute atomic E-state index is 5.49. The molecule has 6 nitrogen and oxygen atoms in total. The van der Waals surface area contributed by atoms with E-state index in [1.165, 1.54) is 31.5 Å². The molecule has 0 N–H and O–H groups in total. The molecule has 6 rings (SSSR count). The average Bonchev–Trinajstić information content (AvgIpc) is 3.18. The number of benzene rings is 1. The molecule has 4 aliphatic rings. The van der Waals surface area contributed by atoms with Crippen LogP contribution in [0.5, 0.6) is 11.6 Å². The Hall–Kier alpha value is -2.34. The number of piperidine rings is 3. The van der Waals surface area contributed by atoms with Crippen LogP contribution in [0.3, 0.4) is 0 Å². The number of nitrogens with zero attached hydrogens (tertiary/aromatic N) is 4. The van der Waals surface area contributed by atoms with Crippen LogP contribution in [-0.2, 0) is 0 Å². The van der Waals surface area contributed by atoms with E-state index in [4.69, 9.17) is 9.47 Å². The fourth-order valence-electron chi connectivity index (χ4n) is 5.45. The first-order chi connectivity index (χ1) is 13.3. The summed E-state index contributed by atoms with van der Waals surface area (Å²) in [5, 5.41) is 0. The average molecular weight is 366 g/mol. The highest BCUT2D eigenvalue weighted by atomic mass is 16.5. The first-order valence-electron chi connectivity index (χ1n) is 9.79. The zero-order valence-electron chi connectivity index (χ0n) is 15.9. The first-order valence-corrected chi connectivity index (χ1v) is 9.79. The van der Waals surface area contributed by atoms with Crippen molar-refractivity contribution in [3.63, 3.8) is 0 Å². The van der Waals surface area contributed by atoms with Crippen molar-refractivity contribution < 1.29 is 9.47 Å². The molecule has 4 aliphatic heterocycles. The van der Waals surface area contributed by atoms with Crippen LogP contribution in [0.15, 0.2) is 36.7 Å². The molecule has 2 bridgehead atoms. The summed E-state index contributed by atoms with van der Waals surface area (Å²) >= 11 is 0. The van der Waals surface area contributed by atoms with Crippen molar-refractivity contribution in [2.24, 2.45) is 5.92 Å². The topological polar surface area (TPSA) is 50.7 Å². The van der Waals surface area contributed by atoms with E-state index < -0.39 is 0 Å². The number of fused-ring (bicyclic) bond motifs is 2.